The van der Waals surface area contributed by atoms with Crippen molar-refractivity contribution in [3.63, 3.8) is 0 Å². The second kappa shape index (κ2) is 22.5. The van der Waals surface area contributed by atoms with E-state index in [1.54, 1.807) is 32.0 Å². The quantitative estimate of drug-likeness (QED) is 0.0806. The number of nitrogens with one attached hydrogen (secondary N) is 2. The molecule has 2 heterocycles. The second-order valence-electron chi connectivity index (χ2n) is 16.5. The summed E-state index contributed by atoms with van der Waals surface area (Å²) >= 11 is 0. The molecule has 3 atom stereocenters. The molecule has 0 fully saturated rings. The summed E-state index contributed by atoms with van der Waals surface area (Å²) in [5.41, 5.74) is 1.53. The Kier molecular flexibility index (Phi) is 20.3. The van der Waals surface area contributed by atoms with Crippen LogP contribution in [-0.4, -0.2) is 88.3 Å². The first-order valence-corrected chi connectivity index (χ1v) is 19.3. The minimum absolute atomic E-state index is 0. The van der Waals surface area contributed by atoms with E-state index in [4.69, 9.17) is 0 Å². The maximum Gasteiger partial charge on any atom is 0.253 e. The molecule has 0 bridgehead atoms. The average molecular weight is 849 g/mol. The zero-order chi connectivity index (χ0) is 41.8. The molecular weight excluding hydrogens is 783 g/mol. The molecule has 12 heteroatoms. The van der Waals surface area contributed by atoms with Gasteiger partial charge in [0, 0.05) is 106 Å². The number of benzene rings is 1. The van der Waals surface area contributed by atoms with E-state index in [0.29, 0.717) is 31.4 Å². The van der Waals surface area contributed by atoms with E-state index in [9.17, 15) is 28.8 Å². The third-order valence-electron chi connectivity index (χ3n) is 10.3. The van der Waals surface area contributed by atoms with Crippen LogP contribution in [0.1, 0.15) is 99.5 Å². The van der Waals surface area contributed by atoms with E-state index in [0.717, 1.165) is 35.7 Å². The number of allylic oxidation sites excluding steroid dienone is 1. The van der Waals surface area contributed by atoms with Gasteiger partial charge in [-0.15, -0.1) is 13.0 Å². The van der Waals surface area contributed by atoms with Gasteiger partial charge in [0.05, 0.1) is 6.04 Å². The van der Waals surface area contributed by atoms with Crippen LogP contribution in [0.2, 0.25) is 0 Å². The number of amides is 4. The summed E-state index contributed by atoms with van der Waals surface area (Å²) in [7, 11) is 5.50. The predicted octanol–water partition coefficient (Wildman–Crippen LogP) is 6.06. The Bertz CT molecular complexity index is 1730. The van der Waals surface area contributed by atoms with Gasteiger partial charge in [0.25, 0.3) is 11.8 Å². The molecule has 0 saturated heterocycles. The van der Waals surface area contributed by atoms with Crippen LogP contribution in [0.5, 0.6) is 0 Å². The molecule has 0 saturated carbocycles. The zero-order valence-electron chi connectivity index (χ0n) is 35.7. The number of carbonyl (C=O) groups excluding carboxylic acids is 6. The topological polar surface area (TPSA) is 138 Å². The number of fused-ring (bicyclic) bond motifs is 1. The van der Waals surface area contributed by atoms with E-state index in [-0.39, 0.29) is 79.9 Å². The number of imide groups is 1. The average Bonchev–Trinajstić information content (AvgIpc) is 3.62. The number of rotatable bonds is 18. The maximum absolute atomic E-state index is 13.9. The van der Waals surface area contributed by atoms with Gasteiger partial charge in [0.1, 0.15) is 11.8 Å². The van der Waals surface area contributed by atoms with Crippen LogP contribution < -0.4 is 10.6 Å². The molecule has 3 rings (SSSR count). The van der Waals surface area contributed by atoms with Crippen molar-refractivity contribution in [1.82, 2.24) is 25.0 Å². The molecule has 1 radical (unpaired) electrons. The second-order valence-corrected chi connectivity index (χ2v) is 16.5. The van der Waals surface area contributed by atoms with Crippen molar-refractivity contribution < 1.29 is 61.5 Å². The molecule has 1 aromatic carbocycles. The van der Waals surface area contributed by atoms with Crippen molar-refractivity contribution in [3.8, 4) is 0 Å². The summed E-state index contributed by atoms with van der Waals surface area (Å²) in [6.07, 6.45) is 10.7. The molecule has 1 aliphatic rings. The number of aryl methyl sites for hydroxylation is 1. The van der Waals surface area contributed by atoms with Gasteiger partial charge in [-0.3, -0.25) is 28.9 Å². The Morgan fingerprint density at radius 2 is 1.52 bits per heavy atom. The monoisotopic (exact) mass is 848 g/mol. The van der Waals surface area contributed by atoms with Gasteiger partial charge in [-0.05, 0) is 49.3 Å². The largest absolute Gasteiger partial charge is 0.350 e. The number of hydrogen-bond donors (Lipinski definition) is 2. The first kappa shape index (κ1) is 50.6. The Hall–Kier alpha value is -3.41. The first-order valence-electron chi connectivity index (χ1n) is 19.3. The van der Waals surface area contributed by atoms with E-state index >= 15 is 0 Å². The molecule has 2 N–H and O–H groups in total. The summed E-state index contributed by atoms with van der Waals surface area (Å²) in [6.45, 7) is 23.2. The van der Waals surface area contributed by atoms with Gasteiger partial charge < -0.3 is 31.8 Å². The van der Waals surface area contributed by atoms with Gasteiger partial charge in [-0.2, -0.15) is 18.9 Å². The normalized spacial score (nSPS) is 14.9. The third-order valence-corrected chi connectivity index (χ3v) is 10.3. The van der Waals surface area contributed by atoms with Crippen molar-refractivity contribution >= 4 is 46.1 Å². The first-order chi connectivity index (χ1) is 25.6. The van der Waals surface area contributed by atoms with Crippen LogP contribution in [0.4, 0.5) is 0 Å². The number of unbranched alkanes of at least 4 members (excludes halogenated alkanes) is 2. The molecule has 1 aromatic heterocycles. The summed E-state index contributed by atoms with van der Waals surface area (Å²) < 4.78 is 2.08. The molecule has 307 valence electrons. The number of Topliss-reactive ketones (excluding diaryl/α,β-unsaturated/α-hetero) is 2. The fraction of sp³-hybridized carbons (Fsp3) is 0.545. The van der Waals surface area contributed by atoms with Gasteiger partial charge >= 0.3 is 0 Å². The number of carbonyl (C=O) groups is 6. The molecule has 0 unspecified atom stereocenters. The van der Waals surface area contributed by atoms with Crippen LogP contribution in [0, 0.1) is 25.2 Å². The molecule has 2 aromatic rings. The van der Waals surface area contributed by atoms with E-state index in [1.165, 1.54) is 17.1 Å². The Labute approximate surface area is 360 Å². The molecule has 0 aliphatic carbocycles. The SMILES string of the molecule is [CH2-]C(=O)/C(C)=C/[C@H](C(C)C)N(C)C(=O)[C@@H](NC(=O)[C@@H](NC)C(C)(C)c1cn(C)c2ccccc12)C(C)(C)C.[CH2-]CCC(=O)CCCCCN1C(=O)C=CC1=O.[Y]. The Morgan fingerprint density at radius 1 is 0.929 bits per heavy atom. The fourth-order valence-electron chi connectivity index (χ4n) is 6.90. The minimum Gasteiger partial charge on any atom is -0.350 e. The molecule has 0 spiro atoms. The molecule has 1 aliphatic heterocycles. The molecular formula is C44H65N5O6Y-2. The van der Waals surface area contributed by atoms with Gasteiger partial charge in [0.2, 0.25) is 11.8 Å². The van der Waals surface area contributed by atoms with E-state index < -0.39 is 22.9 Å². The molecule has 11 nitrogen and oxygen atoms in total. The van der Waals surface area contributed by atoms with Crippen LogP contribution in [-0.2, 0) is 73.9 Å². The molecule has 56 heavy (non-hydrogen) atoms. The summed E-state index contributed by atoms with van der Waals surface area (Å²) in [5.74, 6) is -0.883. The number of ketones is 2. The van der Waals surface area contributed by atoms with Crippen LogP contribution in [0.25, 0.3) is 10.9 Å². The van der Waals surface area contributed by atoms with E-state index in [1.807, 2.05) is 67.6 Å². The van der Waals surface area contributed by atoms with Gasteiger partial charge in [0.15, 0.2) is 0 Å². The van der Waals surface area contributed by atoms with Crippen molar-refractivity contribution in [2.75, 3.05) is 20.6 Å². The Balaban J connectivity index is 0.000000729. The summed E-state index contributed by atoms with van der Waals surface area (Å²) in [6, 6.07) is 6.47. The zero-order valence-corrected chi connectivity index (χ0v) is 38.5. The van der Waals surface area contributed by atoms with Crippen LogP contribution in [0.3, 0.4) is 0 Å². The van der Waals surface area contributed by atoms with Gasteiger partial charge in [-0.25, -0.2) is 0 Å². The number of aromatic nitrogens is 1. The fourth-order valence-corrected chi connectivity index (χ4v) is 6.90. The van der Waals surface area contributed by atoms with Crippen LogP contribution in [0.15, 0.2) is 54.3 Å². The van der Waals surface area contributed by atoms with E-state index in [2.05, 4.69) is 47.4 Å². The number of nitrogens with zero attached hydrogens (tertiary/aromatic N) is 3. The summed E-state index contributed by atoms with van der Waals surface area (Å²) in [4.78, 5) is 76.0. The van der Waals surface area contributed by atoms with Gasteiger partial charge in [-0.1, -0.05) is 73.1 Å². The maximum atomic E-state index is 13.9. The van der Waals surface area contributed by atoms with Crippen molar-refractivity contribution in [1.29, 1.82) is 0 Å². The predicted molar refractivity (Wildman–Crippen MR) is 220 cm³/mol. The summed E-state index contributed by atoms with van der Waals surface area (Å²) in [5, 5.41) is 7.40. The smallest absolute Gasteiger partial charge is 0.253 e. The third kappa shape index (κ3) is 13.6. The van der Waals surface area contributed by atoms with Crippen molar-refractivity contribution in [3.05, 3.63) is 73.7 Å². The van der Waals surface area contributed by atoms with Crippen LogP contribution >= 0.6 is 0 Å². The standard InChI is InChI=1S/C31H47N4O3.C13H18NO3.Y/c1-19(2)25(17-20(3)21(4)36)35(12)29(38)27(30(5,6)7)33-28(37)26(32-10)31(8,9)23-18-34(11)24-16-14-13-15-22(23)24;1-2-6-11(15)7-4-3-5-10-14-12(16)8-9-13(14)17;/h13-19,25-27,32H,4H2,1-3,5-12H3,(H,33,37);8-9H,1-7,10H2;/q2*-1;/b20-17+;;/t25-,26-,27-;;/m1../s1. The van der Waals surface area contributed by atoms with Crippen molar-refractivity contribution in [2.45, 2.75) is 117 Å². The Morgan fingerprint density at radius 3 is 2.04 bits per heavy atom. The van der Waals surface area contributed by atoms with Crippen molar-refractivity contribution in [2.24, 2.45) is 18.4 Å². The minimum atomic E-state index is -0.774. The number of hydrogen-bond acceptors (Lipinski definition) is 7. The number of para-hydroxylation sites is 1. The number of likely N-dealkylation sites (N-methyl/N-ethyl adjacent to an activating group) is 2. The molecule has 4 amide bonds.